The molecule has 2 aromatic rings. The number of nitro benzene ring substituents is 1. The Labute approximate surface area is 114 Å². The molecule has 1 aromatic heterocycles. The van der Waals surface area contributed by atoms with Crippen LogP contribution in [0.25, 0.3) is 0 Å². The predicted octanol–water partition coefficient (Wildman–Crippen LogP) is 1.85. The third kappa shape index (κ3) is 2.41. The van der Waals surface area contributed by atoms with Crippen molar-refractivity contribution in [3.05, 3.63) is 58.4 Å². The van der Waals surface area contributed by atoms with E-state index in [1.165, 1.54) is 23.1 Å². The number of anilines is 2. The standard InChI is InChI=1S/C13H12N4O3/c1-16(9-5-7-15-8-6-9)13(18)10-3-2-4-11(12(10)14)17(19)20/h2-8H,14H2,1H3. The van der Waals surface area contributed by atoms with Crippen molar-refractivity contribution in [3.8, 4) is 0 Å². The van der Waals surface area contributed by atoms with Gasteiger partial charge in [0.1, 0.15) is 5.69 Å². The van der Waals surface area contributed by atoms with E-state index in [0.717, 1.165) is 0 Å². The number of carbonyl (C=O) groups is 1. The van der Waals surface area contributed by atoms with Crippen LogP contribution >= 0.6 is 0 Å². The van der Waals surface area contributed by atoms with E-state index in [1.807, 2.05) is 0 Å². The maximum atomic E-state index is 12.3. The molecule has 1 amide bonds. The van der Waals surface area contributed by atoms with Crippen LogP contribution in [0.2, 0.25) is 0 Å². The fraction of sp³-hybridized carbons (Fsp3) is 0.0769. The predicted molar refractivity (Wildman–Crippen MR) is 74.5 cm³/mol. The summed E-state index contributed by atoms with van der Waals surface area (Å²) < 4.78 is 0. The lowest BCUT2D eigenvalue weighted by Crippen LogP contribution is -2.27. The molecule has 7 heteroatoms. The first kappa shape index (κ1) is 13.5. The first-order valence-electron chi connectivity index (χ1n) is 5.73. The molecule has 1 aromatic carbocycles. The van der Waals surface area contributed by atoms with Crippen molar-refractivity contribution >= 4 is 23.0 Å². The molecule has 0 aliphatic carbocycles. The number of pyridine rings is 1. The SMILES string of the molecule is CN(C(=O)c1cccc([N+](=O)[O-])c1N)c1ccncc1. The van der Waals surface area contributed by atoms with E-state index in [9.17, 15) is 14.9 Å². The largest absolute Gasteiger partial charge is 0.393 e. The Balaban J connectivity index is 2.40. The van der Waals surface area contributed by atoms with Gasteiger partial charge in [-0.3, -0.25) is 19.9 Å². The van der Waals surface area contributed by atoms with Crippen molar-refractivity contribution in [3.63, 3.8) is 0 Å². The van der Waals surface area contributed by atoms with E-state index in [1.54, 1.807) is 31.6 Å². The average Bonchev–Trinajstić information content (AvgIpc) is 2.46. The highest BCUT2D eigenvalue weighted by Crippen LogP contribution is 2.26. The molecule has 0 atom stereocenters. The van der Waals surface area contributed by atoms with Crippen LogP contribution in [0.5, 0.6) is 0 Å². The minimum atomic E-state index is -0.613. The van der Waals surface area contributed by atoms with Crippen LogP contribution in [0, 0.1) is 10.1 Å². The lowest BCUT2D eigenvalue weighted by Gasteiger charge is -2.17. The third-order valence-electron chi connectivity index (χ3n) is 2.86. The number of nitrogens with two attached hydrogens (primary N) is 1. The Bertz CT molecular complexity index is 658. The van der Waals surface area contributed by atoms with E-state index < -0.39 is 10.8 Å². The Morgan fingerprint density at radius 3 is 2.55 bits per heavy atom. The molecule has 0 radical (unpaired) electrons. The summed E-state index contributed by atoms with van der Waals surface area (Å²) >= 11 is 0. The molecule has 0 fully saturated rings. The zero-order valence-corrected chi connectivity index (χ0v) is 10.7. The average molecular weight is 272 g/mol. The molecule has 102 valence electrons. The molecule has 2 rings (SSSR count). The summed E-state index contributed by atoms with van der Waals surface area (Å²) in [4.78, 5) is 27.8. The Hall–Kier alpha value is -2.96. The number of nitro groups is 1. The van der Waals surface area contributed by atoms with Crippen molar-refractivity contribution in [1.82, 2.24) is 4.98 Å². The van der Waals surface area contributed by atoms with Gasteiger partial charge in [-0.15, -0.1) is 0 Å². The molecular formula is C13H12N4O3. The molecule has 0 spiro atoms. The van der Waals surface area contributed by atoms with E-state index >= 15 is 0 Å². The fourth-order valence-corrected chi connectivity index (χ4v) is 1.76. The second kappa shape index (κ2) is 5.35. The maximum absolute atomic E-state index is 12.3. The van der Waals surface area contributed by atoms with Crippen LogP contribution in [0.3, 0.4) is 0 Å². The summed E-state index contributed by atoms with van der Waals surface area (Å²) in [5.41, 5.74) is 6.00. The van der Waals surface area contributed by atoms with Gasteiger partial charge in [0.2, 0.25) is 0 Å². The lowest BCUT2D eigenvalue weighted by atomic mass is 10.1. The number of carbonyl (C=O) groups excluding carboxylic acids is 1. The van der Waals surface area contributed by atoms with Gasteiger partial charge in [0.25, 0.3) is 11.6 Å². The van der Waals surface area contributed by atoms with Gasteiger partial charge in [-0.2, -0.15) is 0 Å². The molecule has 0 bridgehead atoms. The zero-order valence-electron chi connectivity index (χ0n) is 10.7. The Kier molecular flexibility index (Phi) is 3.60. The highest BCUT2D eigenvalue weighted by molar-refractivity contribution is 6.10. The summed E-state index contributed by atoms with van der Waals surface area (Å²) in [5, 5.41) is 10.8. The zero-order chi connectivity index (χ0) is 14.7. The number of nitrogen functional groups attached to an aromatic ring is 1. The number of hydrogen-bond acceptors (Lipinski definition) is 5. The number of benzene rings is 1. The van der Waals surface area contributed by atoms with Crippen LogP contribution < -0.4 is 10.6 Å². The lowest BCUT2D eigenvalue weighted by molar-refractivity contribution is -0.383. The number of rotatable bonds is 3. The van der Waals surface area contributed by atoms with Gasteiger partial charge >= 0.3 is 0 Å². The smallest absolute Gasteiger partial charge is 0.292 e. The normalized spacial score (nSPS) is 10.1. The molecule has 0 aliphatic rings. The highest BCUT2D eigenvalue weighted by atomic mass is 16.6. The van der Waals surface area contributed by atoms with Crippen molar-refractivity contribution in [1.29, 1.82) is 0 Å². The fourth-order valence-electron chi connectivity index (χ4n) is 1.76. The van der Waals surface area contributed by atoms with Gasteiger partial charge in [0, 0.05) is 31.2 Å². The van der Waals surface area contributed by atoms with E-state index in [4.69, 9.17) is 5.73 Å². The number of aromatic nitrogens is 1. The minimum absolute atomic E-state index is 0.0958. The molecule has 0 saturated carbocycles. The number of hydrogen-bond donors (Lipinski definition) is 1. The van der Waals surface area contributed by atoms with E-state index in [2.05, 4.69) is 4.98 Å². The first-order valence-corrected chi connectivity index (χ1v) is 5.73. The van der Waals surface area contributed by atoms with Gasteiger partial charge in [-0.25, -0.2) is 0 Å². The Morgan fingerprint density at radius 2 is 1.95 bits per heavy atom. The van der Waals surface area contributed by atoms with Crippen LogP contribution in [-0.4, -0.2) is 22.9 Å². The first-order chi connectivity index (χ1) is 9.52. The molecule has 2 N–H and O–H groups in total. The molecule has 7 nitrogen and oxygen atoms in total. The quantitative estimate of drug-likeness (QED) is 0.521. The topological polar surface area (TPSA) is 102 Å². The highest BCUT2D eigenvalue weighted by Gasteiger charge is 2.22. The van der Waals surface area contributed by atoms with Crippen LogP contribution in [0.15, 0.2) is 42.7 Å². The third-order valence-corrected chi connectivity index (χ3v) is 2.86. The van der Waals surface area contributed by atoms with Gasteiger partial charge in [-0.05, 0) is 18.2 Å². The summed E-state index contributed by atoms with van der Waals surface area (Å²) in [6, 6.07) is 7.47. The molecule has 20 heavy (non-hydrogen) atoms. The second-order valence-electron chi connectivity index (χ2n) is 4.07. The van der Waals surface area contributed by atoms with Gasteiger partial charge in [-0.1, -0.05) is 6.07 Å². The monoisotopic (exact) mass is 272 g/mol. The van der Waals surface area contributed by atoms with Crippen molar-refractivity contribution in [2.75, 3.05) is 17.7 Å². The van der Waals surface area contributed by atoms with Crippen molar-refractivity contribution < 1.29 is 9.72 Å². The number of para-hydroxylation sites is 1. The van der Waals surface area contributed by atoms with Gasteiger partial charge in [0.05, 0.1) is 10.5 Å². The Morgan fingerprint density at radius 1 is 1.30 bits per heavy atom. The number of amides is 1. The van der Waals surface area contributed by atoms with E-state index in [0.29, 0.717) is 5.69 Å². The van der Waals surface area contributed by atoms with Gasteiger partial charge in [0.15, 0.2) is 0 Å². The molecular weight excluding hydrogens is 260 g/mol. The minimum Gasteiger partial charge on any atom is -0.393 e. The molecule has 1 heterocycles. The van der Waals surface area contributed by atoms with Gasteiger partial charge < -0.3 is 10.6 Å². The summed E-state index contributed by atoms with van der Waals surface area (Å²) in [6.07, 6.45) is 3.10. The molecule has 0 unspecified atom stereocenters. The summed E-state index contributed by atoms with van der Waals surface area (Å²) in [7, 11) is 1.57. The summed E-state index contributed by atoms with van der Waals surface area (Å²) in [6.45, 7) is 0. The van der Waals surface area contributed by atoms with Crippen LogP contribution in [0.4, 0.5) is 17.1 Å². The van der Waals surface area contributed by atoms with Crippen molar-refractivity contribution in [2.24, 2.45) is 0 Å². The number of nitrogens with zero attached hydrogens (tertiary/aromatic N) is 3. The van der Waals surface area contributed by atoms with E-state index in [-0.39, 0.29) is 16.9 Å². The molecule has 0 aliphatic heterocycles. The summed E-state index contributed by atoms with van der Waals surface area (Å²) in [5.74, 6) is -0.419. The second-order valence-corrected chi connectivity index (χ2v) is 4.07. The molecule has 0 saturated heterocycles. The maximum Gasteiger partial charge on any atom is 0.292 e. The van der Waals surface area contributed by atoms with Crippen LogP contribution in [-0.2, 0) is 0 Å². The van der Waals surface area contributed by atoms with Crippen LogP contribution in [0.1, 0.15) is 10.4 Å². The van der Waals surface area contributed by atoms with Crippen molar-refractivity contribution in [2.45, 2.75) is 0 Å².